The average molecular weight is 339 g/mol. The summed E-state index contributed by atoms with van der Waals surface area (Å²) >= 11 is 0. The molecule has 0 spiro atoms. The first-order valence-corrected chi connectivity index (χ1v) is 9.53. The van der Waals surface area contributed by atoms with Crippen molar-refractivity contribution in [3.63, 3.8) is 0 Å². The smallest absolute Gasteiger partial charge is 0.226 e. The van der Waals surface area contributed by atoms with Crippen molar-refractivity contribution >= 4 is 21.9 Å². The standard InChI is InChI=1S/C14H21N5O3S/c1-23(21,22)19-6-3-10(4-7-19)13(20)18-5-2-11-8-16-14(15)17-12(11)9-18/h8,10H,2-7,9H2,1H3,(H2,15,16,17). The Morgan fingerprint density at radius 3 is 2.65 bits per heavy atom. The summed E-state index contributed by atoms with van der Waals surface area (Å²) in [5.41, 5.74) is 7.46. The lowest BCUT2D eigenvalue weighted by molar-refractivity contribution is -0.137. The molecule has 0 atom stereocenters. The fraction of sp³-hybridized carbons (Fsp3) is 0.643. The number of hydrogen-bond acceptors (Lipinski definition) is 6. The molecule has 0 radical (unpaired) electrons. The summed E-state index contributed by atoms with van der Waals surface area (Å²) in [6, 6.07) is 0. The van der Waals surface area contributed by atoms with Crippen LogP contribution in [0.4, 0.5) is 5.95 Å². The van der Waals surface area contributed by atoms with Crippen LogP contribution in [0.1, 0.15) is 24.1 Å². The van der Waals surface area contributed by atoms with Crippen LogP contribution >= 0.6 is 0 Å². The SMILES string of the molecule is CS(=O)(=O)N1CCC(C(=O)N2CCc3cnc(N)nc3C2)CC1. The van der Waals surface area contributed by atoms with Crippen molar-refractivity contribution in [3.05, 3.63) is 17.5 Å². The van der Waals surface area contributed by atoms with Crippen molar-refractivity contribution in [1.82, 2.24) is 19.2 Å². The van der Waals surface area contributed by atoms with Gasteiger partial charge in [-0.25, -0.2) is 22.7 Å². The van der Waals surface area contributed by atoms with Gasteiger partial charge < -0.3 is 10.6 Å². The van der Waals surface area contributed by atoms with Gasteiger partial charge in [0.15, 0.2) is 0 Å². The lowest BCUT2D eigenvalue weighted by Gasteiger charge is -2.34. The van der Waals surface area contributed by atoms with Gasteiger partial charge in [0.1, 0.15) is 0 Å². The second-order valence-corrected chi connectivity index (χ2v) is 8.13. The van der Waals surface area contributed by atoms with Gasteiger partial charge in [-0.2, -0.15) is 0 Å². The molecule has 0 aliphatic carbocycles. The van der Waals surface area contributed by atoms with E-state index in [4.69, 9.17) is 5.73 Å². The molecule has 0 unspecified atom stereocenters. The Labute approximate surface area is 135 Å². The van der Waals surface area contributed by atoms with E-state index in [0.717, 1.165) is 17.7 Å². The molecule has 0 aromatic carbocycles. The van der Waals surface area contributed by atoms with Crippen LogP contribution in [0.2, 0.25) is 0 Å². The van der Waals surface area contributed by atoms with Crippen LogP contribution in [-0.2, 0) is 27.8 Å². The number of amides is 1. The van der Waals surface area contributed by atoms with Gasteiger partial charge in [-0.05, 0) is 24.8 Å². The van der Waals surface area contributed by atoms with Crippen LogP contribution < -0.4 is 5.73 Å². The maximum atomic E-state index is 12.7. The number of carbonyl (C=O) groups excluding carboxylic acids is 1. The Kier molecular flexibility index (Phi) is 4.24. The van der Waals surface area contributed by atoms with Gasteiger partial charge in [-0.3, -0.25) is 4.79 Å². The number of nitrogens with two attached hydrogens (primary N) is 1. The molecule has 0 saturated carbocycles. The molecule has 1 amide bonds. The highest BCUT2D eigenvalue weighted by molar-refractivity contribution is 7.88. The molecule has 0 bridgehead atoms. The average Bonchev–Trinajstić information content (AvgIpc) is 2.52. The predicted octanol–water partition coefficient (Wildman–Crippen LogP) is -0.385. The highest BCUT2D eigenvalue weighted by Gasteiger charge is 2.32. The van der Waals surface area contributed by atoms with E-state index in [1.165, 1.54) is 10.6 Å². The number of fused-ring (bicyclic) bond motifs is 1. The summed E-state index contributed by atoms with van der Waals surface area (Å²) in [4.78, 5) is 22.7. The van der Waals surface area contributed by atoms with Gasteiger partial charge in [-0.15, -0.1) is 0 Å². The molecule has 9 heteroatoms. The lowest BCUT2D eigenvalue weighted by Crippen LogP contribution is -2.45. The first-order chi connectivity index (χ1) is 10.8. The van der Waals surface area contributed by atoms with E-state index in [1.54, 1.807) is 11.1 Å². The second-order valence-electron chi connectivity index (χ2n) is 6.15. The number of anilines is 1. The monoisotopic (exact) mass is 339 g/mol. The molecule has 1 fully saturated rings. The van der Waals surface area contributed by atoms with Gasteiger partial charge >= 0.3 is 0 Å². The van der Waals surface area contributed by atoms with Crippen LogP contribution in [-0.4, -0.2) is 59.4 Å². The zero-order valence-corrected chi connectivity index (χ0v) is 13.9. The Morgan fingerprint density at radius 2 is 2.00 bits per heavy atom. The fourth-order valence-corrected chi connectivity index (χ4v) is 4.07. The third kappa shape index (κ3) is 3.45. The topological polar surface area (TPSA) is 109 Å². The molecule has 126 valence electrons. The molecular weight excluding hydrogens is 318 g/mol. The van der Waals surface area contributed by atoms with E-state index in [1.807, 2.05) is 0 Å². The van der Waals surface area contributed by atoms with Crippen molar-refractivity contribution in [3.8, 4) is 0 Å². The summed E-state index contributed by atoms with van der Waals surface area (Å²) in [6.07, 6.45) is 4.80. The van der Waals surface area contributed by atoms with Crippen LogP contribution in [0, 0.1) is 5.92 Å². The summed E-state index contributed by atoms with van der Waals surface area (Å²) in [6.45, 7) is 1.92. The third-order valence-electron chi connectivity index (χ3n) is 4.55. The molecule has 1 aromatic heterocycles. The number of carbonyl (C=O) groups is 1. The van der Waals surface area contributed by atoms with E-state index >= 15 is 0 Å². The fourth-order valence-electron chi connectivity index (χ4n) is 3.20. The Morgan fingerprint density at radius 1 is 1.30 bits per heavy atom. The number of nitrogen functional groups attached to an aromatic ring is 1. The van der Waals surface area contributed by atoms with Gasteiger partial charge in [0.05, 0.1) is 18.5 Å². The predicted molar refractivity (Wildman–Crippen MR) is 84.7 cm³/mol. The first-order valence-electron chi connectivity index (χ1n) is 7.69. The number of piperidine rings is 1. The van der Waals surface area contributed by atoms with Crippen LogP contribution in [0.5, 0.6) is 0 Å². The highest BCUT2D eigenvalue weighted by atomic mass is 32.2. The minimum Gasteiger partial charge on any atom is -0.368 e. The number of nitrogens with zero attached hydrogens (tertiary/aromatic N) is 4. The highest BCUT2D eigenvalue weighted by Crippen LogP contribution is 2.24. The number of rotatable bonds is 2. The van der Waals surface area contributed by atoms with Crippen LogP contribution in [0.3, 0.4) is 0 Å². The van der Waals surface area contributed by atoms with Crippen molar-refractivity contribution in [2.24, 2.45) is 5.92 Å². The van der Waals surface area contributed by atoms with Crippen molar-refractivity contribution in [2.75, 3.05) is 31.6 Å². The molecule has 2 N–H and O–H groups in total. The Bertz CT molecular complexity index is 713. The number of aromatic nitrogens is 2. The minimum absolute atomic E-state index is 0.0842. The van der Waals surface area contributed by atoms with E-state index in [-0.39, 0.29) is 17.8 Å². The third-order valence-corrected chi connectivity index (χ3v) is 5.85. The first kappa shape index (κ1) is 16.1. The normalized spacial score (nSPS) is 20.3. The molecule has 2 aliphatic heterocycles. The molecule has 3 rings (SSSR count). The lowest BCUT2D eigenvalue weighted by atomic mass is 9.95. The Hall–Kier alpha value is -1.74. The van der Waals surface area contributed by atoms with Gasteiger partial charge in [0, 0.05) is 31.7 Å². The van der Waals surface area contributed by atoms with E-state index in [2.05, 4.69) is 9.97 Å². The maximum Gasteiger partial charge on any atom is 0.226 e. The Balaban J connectivity index is 1.64. The van der Waals surface area contributed by atoms with E-state index in [9.17, 15) is 13.2 Å². The molecule has 23 heavy (non-hydrogen) atoms. The molecule has 1 saturated heterocycles. The van der Waals surface area contributed by atoms with Gasteiger partial charge in [0.2, 0.25) is 21.9 Å². The summed E-state index contributed by atoms with van der Waals surface area (Å²) in [5.74, 6) is 0.189. The van der Waals surface area contributed by atoms with E-state index < -0.39 is 10.0 Å². The number of hydrogen-bond donors (Lipinski definition) is 1. The zero-order valence-electron chi connectivity index (χ0n) is 13.1. The second kappa shape index (κ2) is 6.04. The molecule has 3 heterocycles. The quantitative estimate of drug-likeness (QED) is 0.786. The van der Waals surface area contributed by atoms with Crippen molar-refractivity contribution in [1.29, 1.82) is 0 Å². The summed E-state index contributed by atoms with van der Waals surface area (Å²) in [5, 5.41) is 0. The molecule has 2 aliphatic rings. The van der Waals surface area contributed by atoms with Gasteiger partial charge in [0.25, 0.3) is 0 Å². The molecule has 8 nitrogen and oxygen atoms in total. The van der Waals surface area contributed by atoms with Crippen LogP contribution in [0.25, 0.3) is 0 Å². The van der Waals surface area contributed by atoms with E-state index in [0.29, 0.717) is 39.0 Å². The van der Waals surface area contributed by atoms with Gasteiger partial charge in [-0.1, -0.05) is 0 Å². The van der Waals surface area contributed by atoms with Crippen molar-refractivity contribution in [2.45, 2.75) is 25.8 Å². The molecular formula is C14H21N5O3S. The summed E-state index contributed by atoms with van der Waals surface area (Å²) < 4.78 is 24.5. The van der Waals surface area contributed by atoms with Crippen LogP contribution in [0.15, 0.2) is 6.20 Å². The zero-order chi connectivity index (χ0) is 16.6. The largest absolute Gasteiger partial charge is 0.368 e. The minimum atomic E-state index is -3.17. The summed E-state index contributed by atoms with van der Waals surface area (Å²) in [7, 11) is -3.17. The maximum absolute atomic E-state index is 12.7. The molecule has 1 aromatic rings. The van der Waals surface area contributed by atoms with Crippen molar-refractivity contribution < 1.29 is 13.2 Å². The number of sulfonamides is 1.